The molecule has 2 aromatic carbocycles. The number of benzene rings is 2. The molecule has 26 heavy (non-hydrogen) atoms. The summed E-state index contributed by atoms with van der Waals surface area (Å²) in [6.45, 7) is 4.58. The summed E-state index contributed by atoms with van der Waals surface area (Å²) in [5.41, 5.74) is 3.59. The smallest absolute Gasteiger partial charge is 0.175 e. The van der Waals surface area contributed by atoms with Crippen molar-refractivity contribution in [2.24, 2.45) is 0 Å². The van der Waals surface area contributed by atoms with E-state index in [-0.39, 0.29) is 0 Å². The van der Waals surface area contributed by atoms with Crippen molar-refractivity contribution >= 4 is 23.0 Å². The second kappa shape index (κ2) is 8.38. The maximum Gasteiger partial charge on any atom is 0.175 e. The number of methoxy groups -OCH3 is 2. The quantitative estimate of drug-likeness (QED) is 0.786. The van der Waals surface area contributed by atoms with Crippen LogP contribution in [0.25, 0.3) is 0 Å². The van der Waals surface area contributed by atoms with Gasteiger partial charge in [0.1, 0.15) is 0 Å². The van der Waals surface area contributed by atoms with Crippen LogP contribution < -0.4 is 19.7 Å². The van der Waals surface area contributed by atoms with E-state index in [0.29, 0.717) is 0 Å². The van der Waals surface area contributed by atoms with Gasteiger partial charge in [-0.15, -0.1) is 0 Å². The average molecular weight is 372 g/mol. The Morgan fingerprint density at radius 3 is 2.58 bits per heavy atom. The maximum atomic E-state index is 5.52. The molecule has 2 aromatic rings. The third-order valence-corrected chi connectivity index (χ3v) is 4.98. The number of ether oxygens (including phenoxy) is 2. The van der Waals surface area contributed by atoms with Gasteiger partial charge >= 0.3 is 0 Å². The summed E-state index contributed by atoms with van der Waals surface area (Å²) in [6, 6.07) is 14.4. The first kappa shape index (κ1) is 18.5. The van der Waals surface area contributed by atoms with Crippen LogP contribution in [0.1, 0.15) is 11.1 Å². The number of hydrogen-bond acceptors (Lipinski definition) is 4. The Kier molecular flexibility index (Phi) is 5.96. The van der Waals surface area contributed by atoms with E-state index in [1.165, 1.54) is 11.1 Å². The lowest BCUT2D eigenvalue weighted by Crippen LogP contribution is -2.56. The summed E-state index contributed by atoms with van der Waals surface area (Å²) >= 11 is 5.52. The maximum absolute atomic E-state index is 5.52. The van der Waals surface area contributed by atoms with E-state index in [2.05, 4.69) is 40.2 Å². The Morgan fingerprint density at radius 1 is 1.08 bits per heavy atom. The van der Waals surface area contributed by atoms with E-state index >= 15 is 0 Å². The van der Waals surface area contributed by atoms with Crippen molar-refractivity contribution < 1.29 is 9.47 Å². The highest BCUT2D eigenvalue weighted by Crippen LogP contribution is 2.28. The van der Waals surface area contributed by atoms with Gasteiger partial charge in [0, 0.05) is 12.2 Å². The van der Waals surface area contributed by atoms with Crippen LogP contribution in [-0.2, 0) is 6.42 Å². The molecule has 5 nitrogen and oxygen atoms in total. The Hall–Kier alpha value is -2.31. The molecule has 0 spiro atoms. The van der Waals surface area contributed by atoms with Crippen LogP contribution in [0.15, 0.2) is 42.5 Å². The second-order valence-corrected chi connectivity index (χ2v) is 6.72. The number of anilines is 1. The summed E-state index contributed by atoms with van der Waals surface area (Å²) in [6.07, 6.45) is 0.927. The van der Waals surface area contributed by atoms with Crippen molar-refractivity contribution in [3.05, 3.63) is 53.6 Å². The van der Waals surface area contributed by atoms with Crippen molar-refractivity contribution in [1.29, 1.82) is 0 Å². The van der Waals surface area contributed by atoms with E-state index in [0.717, 1.165) is 48.6 Å². The molecule has 6 heteroatoms. The molecule has 0 radical (unpaired) electrons. The summed E-state index contributed by atoms with van der Waals surface area (Å²) in [7, 11) is 3.32. The van der Waals surface area contributed by atoms with Crippen LogP contribution in [0, 0.1) is 6.92 Å². The first-order valence-electron chi connectivity index (χ1n) is 8.66. The molecule has 0 aliphatic carbocycles. The van der Waals surface area contributed by atoms with Crippen molar-refractivity contribution in [2.75, 3.05) is 39.0 Å². The fourth-order valence-electron chi connectivity index (χ4n) is 3.11. The van der Waals surface area contributed by atoms with Gasteiger partial charge in [-0.05, 0) is 54.9 Å². The SMILES string of the molecule is COc1ccc(CCN2CNC(=S)N(c3ccccc3C)C2)cc1OC. The largest absolute Gasteiger partial charge is 0.493 e. The highest BCUT2D eigenvalue weighted by Gasteiger charge is 2.22. The van der Waals surface area contributed by atoms with Crippen LogP contribution in [0.2, 0.25) is 0 Å². The number of nitrogens with one attached hydrogen (secondary N) is 1. The van der Waals surface area contributed by atoms with Crippen molar-refractivity contribution in [2.45, 2.75) is 13.3 Å². The minimum atomic E-state index is 0.756. The molecular weight excluding hydrogens is 346 g/mol. The normalized spacial score (nSPS) is 14.9. The van der Waals surface area contributed by atoms with E-state index in [4.69, 9.17) is 21.7 Å². The van der Waals surface area contributed by atoms with Crippen LogP contribution in [-0.4, -0.2) is 44.1 Å². The molecule has 138 valence electrons. The first-order chi connectivity index (χ1) is 12.6. The first-order valence-corrected chi connectivity index (χ1v) is 9.07. The zero-order valence-corrected chi connectivity index (χ0v) is 16.3. The van der Waals surface area contributed by atoms with Crippen molar-refractivity contribution in [3.63, 3.8) is 0 Å². The zero-order valence-electron chi connectivity index (χ0n) is 15.5. The fraction of sp³-hybridized carbons (Fsp3) is 0.350. The van der Waals surface area contributed by atoms with Crippen LogP contribution in [0.3, 0.4) is 0 Å². The molecule has 1 fully saturated rings. The molecule has 0 aromatic heterocycles. The number of aryl methyl sites for hydroxylation is 1. The third kappa shape index (κ3) is 4.08. The lowest BCUT2D eigenvalue weighted by atomic mass is 10.1. The van der Waals surface area contributed by atoms with E-state index in [1.54, 1.807) is 14.2 Å². The standard InChI is InChI=1S/C20H25N3O2S/c1-15-6-4-5-7-17(15)23-14-22(13-21-20(23)26)11-10-16-8-9-18(24-2)19(12-16)25-3/h4-9,12H,10-11,13-14H2,1-3H3,(H,21,26). The molecule has 0 atom stereocenters. The molecule has 1 heterocycles. The Balaban J connectivity index is 1.66. The Morgan fingerprint density at radius 2 is 1.85 bits per heavy atom. The Bertz CT molecular complexity index is 781. The number of nitrogens with zero attached hydrogens (tertiary/aromatic N) is 2. The molecule has 1 N–H and O–H groups in total. The lowest BCUT2D eigenvalue weighted by molar-refractivity contribution is 0.264. The molecular formula is C20H25N3O2S. The van der Waals surface area contributed by atoms with E-state index < -0.39 is 0 Å². The summed E-state index contributed by atoms with van der Waals surface area (Å²) < 4.78 is 10.7. The van der Waals surface area contributed by atoms with Gasteiger partial charge in [0.2, 0.25) is 0 Å². The van der Waals surface area contributed by atoms with Gasteiger partial charge < -0.3 is 19.7 Å². The van der Waals surface area contributed by atoms with Gasteiger partial charge in [0.25, 0.3) is 0 Å². The Labute approximate surface area is 160 Å². The fourth-order valence-corrected chi connectivity index (χ4v) is 3.33. The molecule has 3 rings (SSSR count). The minimum Gasteiger partial charge on any atom is -0.493 e. The highest BCUT2D eigenvalue weighted by molar-refractivity contribution is 7.80. The second-order valence-electron chi connectivity index (χ2n) is 6.33. The zero-order chi connectivity index (χ0) is 18.5. The summed E-state index contributed by atoms with van der Waals surface area (Å²) in [5, 5.41) is 4.10. The molecule has 0 unspecified atom stereocenters. The van der Waals surface area contributed by atoms with Gasteiger partial charge in [-0.1, -0.05) is 24.3 Å². The van der Waals surface area contributed by atoms with Gasteiger partial charge in [-0.3, -0.25) is 4.90 Å². The topological polar surface area (TPSA) is 37.0 Å². The van der Waals surface area contributed by atoms with Crippen LogP contribution >= 0.6 is 12.2 Å². The van der Waals surface area contributed by atoms with Crippen molar-refractivity contribution in [3.8, 4) is 11.5 Å². The third-order valence-electron chi connectivity index (χ3n) is 4.61. The predicted molar refractivity (Wildman–Crippen MR) is 109 cm³/mol. The average Bonchev–Trinajstić information content (AvgIpc) is 2.67. The van der Waals surface area contributed by atoms with E-state index in [1.807, 2.05) is 24.3 Å². The summed E-state index contributed by atoms with van der Waals surface area (Å²) in [5.74, 6) is 1.52. The van der Waals surface area contributed by atoms with Gasteiger partial charge in [0.05, 0.1) is 27.6 Å². The predicted octanol–water partition coefficient (Wildman–Crippen LogP) is 3.17. The number of para-hydroxylation sites is 1. The summed E-state index contributed by atoms with van der Waals surface area (Å²) in [4.78, 5) is 4.50. The lowest BCUT2D eigenvalue weighted by Gasteiger charge is -2.38. The highest BCUT2D eigenvalue weighted by atomic mass is 32.1. The minimum absolute atomic E-state index is 0.756. The van der Waals surface area contributed by atoms with Gasteiger partial charge in [-0.2, -0.15) is 0 Å². The number of thiocarbonyl (C=S) groups is 1. The van der Waals surface area contributed by atoms with Gasteiger partial charge in [-0.25, -0.2) is 0 Å². The van der Waals surface area contributed by atoms with Crippen LogP contribution in [0.5, 0.6) is 11.5 Å². The number of hydrogen-bond donors (Lipinski definition) is 1. The molecule has 1 aliphatic heterocycles. The molecule has 1 saturated heterocycles. The van der Waals surface area contributed by atoms with Crippen LogP contribution in [0.4, 0.5) is 5.69 Å². The molecule has 0 amide bonds. The van der Waals surface area contributed by atoms with Gasteiger partial charge in [0.15, 0.2) is 16.6 Å². The number of rotatable bonds is 6. The molecule has 0 bridgehead atoms. The monoisotopic (exact) mass is 371 g/mol. The van der Waals surface area contributed by atoms with E-state index in [9.17, 15) is 0 Å². The molecule has 1 aliphatic rings. The van der Waals surface area contributed by atoms with Crippen molar-refractivity contribution in [1.82, 2.24) is 10.2 Å². The molecule has 0 saturated carbocycles.